The van der Waals surface area contributed by atoms with Gasteiger partial charge >= 0.3 is 11.9 Å². The van der Waals surface area contributed by atoms with Crippen molar-refractivity contribution >= 4 is 28.7 Å². The number of fused-ring (bicyclic) bond motifs is 1. The fraction of sp³-hybridized carbons (Fsp3) is 0.364. The molecule has 5 aromatic rings. The van der Waals surface area contributed by atoms with Gasteiger partial charge in [-0.25, -0.2) is 19.0 Å². The number of aromatic amines is 1. The molecule has 4 heterocycles. The highest BCUT2D eigenvalue weighted by atomic mass is 35.5. The van der Waals surface area contributed by atoms with Crippen molar-refractivity contribution in [1.29, 1.82) is 0 Å². The van der Waals surface area contributed by atoms with E-state index in [1.165, 1.54) is 16.5 Å². The highest BCUT2D eigenvalue weighted by Gasteiger charge is 2.27. The van der Waals surface area contributed by atoms with Crippen LogP contribution >= 0.6 is 0 Å². The van der Waals surface area contributed by atoms with Gasteiger partial charge in [-0.1, -0.05) is 42.5 Å². The Hall–Kier alpha value is -5.08. The molecule has 2 atom stereocenters. The van der Waals surface area contributed by atoms with Gasteiger partial charge in [0.1, 0.15) is 11.4 Å². The molecule has 0 radical (unpaired) electrons. The smallest absolute Gasteiger partial charge is 0.331 e. The number of carbonyl (C=O) groups is 3. The zero-order valence-electron chi connectivity index (χ0n) is 26.8. The zero-order valence-corrected chi connectivity index (χ0v) is 27.6. The number of aromatic nitrogens is 7. The molecular weight excluding hydrogens is 638 g/mol. The number of hydrogen-bond acceptors (Lipinski definition) is 9. The van der Waals surface area contributed by atoms with E-state index in [2.05, 4.69) is 30.9 Å². The lowest BCUT2D eigenvalue weighted by molar-refractivity contribution is -0.145. The number of rotatable bonds is 11. The van der Waals surface area contributed by atoms with E-state index < -0.39 is 24.0 Å². The van der Waals surface area contributed by atoms with Crippen molar-refractivity contribution < 1.29 is 36.6 Å². The molecule has 6 rings (SSSR count). The zero-order chi connectivity index (χ0) is 33.1. The third kappa shape index (κ3) is 7.24. The van der Waals surface area contributed by atoms with Gasteiger partial charge in [0.15, 0.2) is 12.1 Å². The van der Waals surface area contributed by atoms with E-state index >= 15 is 0 Å². The molecule has 3 N–H and O–H groups in total. The van der Waals surface area contributed by atoms with Crippen LogP contribution < -0.4 is 17.7 Å². The lowest BCUT2D eigenvalue weighted by Gasteiger charge is -2.27. The third-order valence-electron chi connectivity index (χ3n) is 8.38. The predicted octanol–water partition coefficient (Wildman–Crippen LogP) is 0.363. The average Bonchev–Trinajstić information content (AvgIpc) is 3.86. The number of para-hydroxylation sites is 1. The summed E-state index contributed by atoms with van der Waals surface area (Å²) >= 11 is 0. The van der Waals surface area contributed by atoms with Crippen LogP contribution in [0, 0.1) is 5.92 Å². The fourth-order valence-electron chi connectivity index (χ4n) is 5.92. The van der Waals surface area contributed by atoms with Crippen molar-refractivity contribution in [2.24, 2.45) is 5.92 Å². The summed E-state index contributed by atoms with van der Waals surface area (Å²) in [5.74, 6) is -1.49. The number of methoxy groups -OCH3 is 1. The largest absolute Gasteiger partial charge is 1.00 e. The summed E-state index contributed by atoms with van der Waals surface area (Å²) in [6.07, 6.45) is 5.82. The van der Waals surface area contributed by atoms with Crippen molar-refractivity contribution in [2.45, 2.75) is 38.8 Å². The molecule has 1 fully saturated rings. The van der Waals surface area contributed by atoms with Gasteiger partial charge in [-0.05, 0) is 42.2 Å². The number of piperazine rings is 1. The molecule has 2 aromatic carbocycles. The monoisotopic (exact) mass is 674 g/mol. The number of aliphatic carboxylic acids is 1. The Bertz CT molecular complexity index is 1910. The standard InChI is InChI=1S/C33H37N9O5.ClH/c1-20(2)12-29(32(44)45)41-18-27(36-38-41)21-13-22(15-23(14-21)31(43)40-10-8-34-9-11-40)28-19-42(39-37-28)30(33(46)47-3)16-24-17-35-26-7-5-4-6-25(24)26;/h4-7,13-15,17-20,29-30,34-35H,8-12,16H2,1-3H3,(H,44,45);1H/p-1. The Morgan fingerprint density at radius 2 is 1.56 bits per heavy atom. The Kier molecular flexibility index (Phi) is 10.5. The van der Waals surface area contributed by atoms with Crippen LogP contribution in [0.5, 0.6) is 0 Å². The number of amides is 1. The number of benzene rings is 2. The molecule has 0 spiro atoms. The maximum absolute atomic E-state index is 13.7. The van der Waals surface area contributed by atoms with E-state index in [1.807, 2.05) is 50.4 Å². The van der Waals surface area contributed by atoms with Crippen molar-refractivity contribution in [3.05, 3.63) is 72.2 Å². The van der Waals surface area contributed by atoms with E-state index in [0.717, 1.165) is 16.5 Å². The Morgan fingerprint density at radius 1 is 0.938 bits per heavy atom. The van der Waals surface area contributed by atoms with Crippen LogP contribution in [0.25, 0.3) is 33.4 Å². The highest BCUT2D eigenvalue weighted by molar-refractivity contribution is 5.97. The van der Waals surface area contributed by atoms with Crippen LogP contribution in [0.2, 0.25) is 0 Å². The van der Waals surface area contributed by atoms with Crippen LogP contribution in [-0.2, 0) is 20.7 Å². The fourth-order valence-corrected chi connectivity index (χ4v) is 5.92. The average molecular weight is 675 g/mol. The number of carboxylic acids is 1. The topological polar surface area (TPSA) is 173 Å². The number of carboxylic acid groups (broad SMARTS) is 1. The summed E-state index contributed by atoms with van der Waals surface area (Å²) in [6.45, 7) is 6.41. The lowest BCUT2D eigenvalue weighted by atomic mass is 10.0. The molecule has 15 heteroatoms. The second-order valence-electron chi connectivity index (χ2n) is 12.1. The molecule has 1 amide bonds. The number of nitrogens with one attached hydrogen (secondary N) is 2. The Labute approximate surface area is 282 Å². The van der Waals surface area contributed by atoms with Crippen molar-refractivity contribution in [3.63, 3.8) is 0 Å². The number of hydrogen-bond donors (Lipinski definition) is 3. The van der Waals surface area contributed by atoms with E-state index in [-0.39, 0.29) is 24.2 Å². The normalized spacial score (nSPS) is 14.5. The molecule has 0 saturated carbocycles. The Morgan fingerprint density at radius 3 is 2.17 bits per heavy atom. The SMILES string of the molecule is COC(=O)C(Cc1c[nH]c2ccccc12)n1cc(-c2cc(C(=O)N3CCNCC3)cc(-c3cn(C(CC(C)C)C(=O)O)nn3)c2)nn1.[Cl-]. The summed E-state index contributed by atoms with van der Waals surface area (Å²) in [5, 5.41) is 31.3. The molecule has 3 aromatic heterocycles. The predicted molar refractivity (Wildman–Crippen MR) is 172 cm³/mol. The van der Waals surface area contributed by atoms with Gasteiger partial charge in [-0.2, -0.15) is 0 Å². The summed E-state index contributed by atoms with van der Waals surface area (Å²) in [4.78, 5) is 43.8. The van der Waals surface area contributed by atoms with Crippen molar-refractivity contribution in [1.82, 2.24) is 45.2 Å². The van der Waals surface area contributed by atoms with Gasteiger partial charge in [-0.15, -0.1) is 10.2 Å². The lowest BCUT2D eigenvalue weighted by Crippen LogP contribution is -3.00. The number of esters is 1. The molecule has 48 heavy (non-hydrogen) atoms. The Balaban J connectivity index is 0.00000451. The van der Waals surface area contributed by atoms with Crippen LogP contribution in [0.3, 0.4) is 0 Å². The molecular formula is C33H37ClN9O5-. The maximum Gasteiger partial charge on any atom is 0.331 e. The van der Waals surface area contributed by atoms with Crippen LogP contribution in [-0.4, -0.2) is 96.1 Å². The van der Waals surface area contributed by atoms with Gasteiger partial charge in [0, 0.05) is 66.4 Å². The molecule has 2 unspecified atom stereocenters. The van der Waals surface area contributed by atoms with Gasteiger partial charge in [0.25, 0.3) is 5.91 Å². The first-order valence-electron chi connectivity index (χ1n) is 15.6. The minimum atomic E-state index is -0.997. The minimum Gasteiger partial charge on any atom is -1.00 e. The second-order valence-corrected chi connectivity index (χ2v) is 12.1. The molecule has 0 aliphatic carbocycles. The van der Waals surface area contributed by atoms with Crippen molar-refractivity contribution in [3.8, 4) is 22.5 Å². The first kappa shape index (κ1) is 34.3. The number of nitrogens with zero attached hydrogens (tertiary/aromatic N) is 7. The van der Waals surface area contributed by atoms with Crippen molar-refractivity contribution in [2.75, 3.05) is 33.3 Å². The molecule has 1 aliphatic heterocycles. The summed E-state index contributed by atoms with van der Waals surface area (Å²) < 4.78 is 7.98. The maximum atomic E-state index is 13.7. The quantitative estimate of drug-likeness (QED) is 0.166. The summed E-state index contributed by atoms with van der Waals surface area (Å²) in [6, 6.07) is 11.5. The third-order valence-corrected chi connectivity index (χ3v) is 8.38. The van der Waals surface area contributed by atoms with Gasteiger partial charge in [0.05, 0.1) is 19.5 Å². The molecule has 14 nitrogen and oxygen atoms in total. The number of ether oxygens (including phenoxy) is 1. The molecule has 0 bridgehead atoms. The van der Waals surface area contributed by atoms with Crippen LogP contribution in [0.4, 0.5) is 0 Å². The number of carbonyl (C=O) groups excluding carboxylic acids is 2. The van der Waals surface area contributed by atoms with E-state index in [0.29, 0.717) is 67.1 Å². The van der Waals surface area contributed by atoms with Gasteiger partial charge in [-0.3, -0.25) is 4.79 Å². The number of H-pyrrole nitrogens is 1. The minimum absolute atomic E-state index is 0. The van der Waals surface area contributed by atoms with Crippen LogP contribution in [0.15, 0.2) is 61.1 Å². The molecule has 252 valence electrons. The van der Waals surface area contributed by atoms with E-state index in [1.54, 1.807) is 29.4 Å². The van der Waals surface area contributed by atoms with Crippen LogP contribution in [0.1, 0.15) is 48.3 Å². The molecule has 1 aliphatic rings. The van der Waals surface area contributed by atoms with Gasteiger partial charge < -0.3 is 37.5 Å². The molecule has 1 saturated heterocycles. The second kappa shape index (κ2) is 14.8. The number of halogens is 1. The summed E-state index contributed by atoms with van der Waals surface area (Å²) in [5.41, 5.74) is 4.30. The van der Waals surface area contributed by atoms with E-state index in [4.69, 9.17) is 4.74 Å². The first-order chi connectivity index (χ1) is 22.7. The van der Waals surface area contributed by atoms with E-state index in [9.17, 15) is 19.5 Å². The highest BCUT2D eigenvalue weighted by Crippen LogP contribution is 2.30. The summed E-state index contributed by atoms with van der Waals surface area (Å²) in [7, 11) is 1.34. The first-order valence-corrected chi connectivity index (χ1v) is 15.6. The van der Waals surface area contributed by atoms with Gasteiger partial charge in [0.2, 0.25) is 0 Å².